The van der Waals surface area contributed by atoms with Gasteiger partial charge in [-0.05, 0) is 50.1 Å². The van der Waals surface area contributed by atoms with Crippen LogP contribution in [0.5, 0.6) is 11.5 Å². The maximum absolute atomic E-state index is 12.8. The first kappa shape index (κ1) is 19.7. The predicted octanol–water partition coefficient (Wildman–Crippen LogP) is 5.42. The van der Waals surface area contributed by atoms with Crippen molar-refractivity contribution in [3.05, 3.63) is 58.6 Å². The summed E-state index contributed by atoms with van der Waals surface area (Å²) < 4.78 is 13.1. The van der Waals surface area contributed by atoms with Crippen molar-refractivity contribution in [3.8, 4) is 11.5 Å². The van der Waals surface area contributed by atoms with Crippen LogP contribution < -0.4 is 14.8 Å². The SMILES string of the molecule is CCC1(CC)C[C@H](NC(=O)[C@H](C)Oc2ccc(Br)cc2)c2ccccc2O1. The maximum atomic E-state index is 12.8. The van der Waals surface area contributed by atoms with Crippen LogP contribution in [0.15, 0.2) is 53.0 Å². The highest BCUT2D eigenvalue weighted by atomic mass is 79.9. The Kier molecular flexibility index (Phi) is 6.10. The molecule has 0 spiro atoms. The summed E-state index contributed by atoms with van der Waals surface area (Å²) in [5.74, 6) is 1.41. The molecule has 2 aromatic carbocycles. The standard InChI is InChI=1S/C22H26BrNO3/c1-4-22(5-2)14-19(18-8-6-7-9-20(18)27-22)24-21(25)15(3)26-17-12-10-16(23)11-13-17/h6-13,15,19H,4-5,14H2,1-3H3,(H,24,25)/t15-,19-/m0/s1. The lowest BCUT2D eigenvalue weighted by Crippen LogP contribution is -2.46. The molecule has 2 atom stereocenters. The van der Waals surface area contributed by atoms with Crippen LogP contribution in [0, 0.1) is 0 Å². The van der Waals surface area contributed by atoms with Crippen molar-refractivity contribution >= 4 is 21.8 Å². The third-order valence-corrected chi connectivity index (χ3v) is 5.83. The minimum atomic E-state index is -0.584. The largest absolute Gasteiger partial charge is 0.487 e. The van der Waals surface area contributed by atoms with Crippen molar-refractivity contribution in [2.45, 2.75) is 57.8 Å². The van der Waals surface area contributed by atoms with Crippen LogP contribution in [0.25, 0.3) is 0 Å². The van der Waals surface area contributed by atoms with Crippen LogP contribution in [-0.4, -0.2) is 17.6 Å². The summed E-state index contributed by atoms with van der Waals surface area (Å²) in [4.78, 5) is 12.8. The molecule has 0 saturated carbocycles. The zero-order valence-electron chi connectivity index (χ0n) is 16.0. The van der Waals surface area contributed by atoms with Gasteiger partial charge in [-0.2, -0.15) is 0 Å². The van der Waals surface area contributed by atoms with Crippen molar-refractivity contribution in [2.75, 3.05) is 0 Å². The van der Waals surface area contributed by atoms with E-state index in [1.807, 2.05) is 48.5 Å². The van der Waals surface area contributed by atoms with Crippen LogP contribution in [-0.2, 0) is 4.79 Å². The lowest BCUT2D eigenvalue weighted by atomic mass is 9.83. The second kappa shape index (κ2) is 8.34. The van der Waals surface area contributed by atoms with Crippen molar-refractivity contribution in [2.24, 2.45) is 0 Å². The average molecular weight is 432 g/mol. The van der Waals surface area contributed by atoms with Gasteiger partial charge < -0.3 is 14.8 Å². The zero-order valence-corrected chi connectivity index (χ0v) is 17.6. The molecule has 3 rings (SSSR count). The lowest BCUT2D eigenvalue weighted by molar-refractivity contribution is -0.128. The Balaban J connectivity index is 1.74. The number of halogens is 1. The number of rotatable bonds is 6. The van der Waals surface area contributed by atoms with E-state index in [9.17, 15) is 4.79 Å². The molecule has 5 heteroatoms. The van der Waals surface area contributed by atoms with Gasteiger partial charge in [0.2, 0.25) is 0 Å². The molecule has 0 saturated heterocycles. The Morgan fingerprint density at radius 1 is 1.22 bits per heavy atom. The van der Waals surface area contributed by atoms with E-state index in [-0.39, 0.29) is 17.6 Å². The van der Waals surface area contributed by atoms with Crippen molar-refractivity contribution in [3.63, 3.8) is 0 Å². The normalized spacial score (nSPS) is 18.7. The molecule has 1 aliphatic rings. The van der Waals surface area contributed by atoms with E-state index in [1.165, 1.54) is 0 Å². The third kappa shape index (κ3) is 4.46. The number of nitrogens with one attached hydrogen (secondary N) is 1. The van der Waals surface area contributed by atoms with Gasteiger partial charge in [-0.1, -0.05) is 48.0 Å². The molecular weight excluding hydrogens is 406 g/mol. The lowest BCUT2D eigenvalue weighted by Gasteiger charge is -2.41. The van der Waals surface area contributed by atoms with Crippen LogP contribution in [0.3, 0.4) is 0 Å². The van der Waals surface area contributed by atoms with E-state index in [1.54, 1.807) is 6.92 Å². The first-order valence-electron chi connectivity index (χ1n) is 9.47. The first-order chi connectivity index (χ1) is 13.0. The quantitative estimate of drug-likeness (QED) is 0.664. The molecule has 4 nitrogen and oxygen atoms in total. The molecule has 0 bridgehead atoms. The van der Waals surface area contributed by atoms with Gasteiger partial charge in [0.25, 0.3) is 5.91 Å². The van der Waals surface area contributed by atoms with Gasteiger partial charge in [0.05, 0.1) is 6.04 Å². The molecule has 1 N–H and O–H groups in total. The van der Waals surface area contributed by atoms with Crippen LogP contribution in [0.1, 0.15) is 51.6 Å². The molecule has 0 aromatic heterocycles. The molecule has 27 heavy (non-hydrogen) atoms. The van der Waals surface area contributed by atoms with E-state index < -0.39 is 6.10 Å². The Morgan fingerprint density at radius 3 is 2.56 bits per heavy atom. The number of fused-ring (bicyclic) bond motifs is 1. The summed E-state index contributed by atoms with van der Waals surface area (Å²) in [6.07, 6.45) is 1.97. The van der Waals surface area contributed by atoms with Gasteiger partial charge in [-0.25, -0.2) is 0 Å². The molecule has 2 aromatic rings. The molecule has 144 valence electrons. The van der Waals surface area contributed by atoms with Crippen LogP contribution in [0.2, 0.25) is 0 Å². The number of carbonyl (C=O) groups is 1. The number of benzene rings is 2. The average Bonchev–Trinajstić information content (AvgIpc) is 2.69. The first-order valence-corrected chi connectivity index (χ1v) is 10.3. The highest BCUT2D eigenvalue weighted by molar-refractivity contribution is 9.10. The van der Waals surface area contributed by atoms with E-state index >= 15 is 0 Å². The summed E-state index contributed by atoms with van der Waals surface area (Å²) in [6, 6.07) is 15.3. The van der Waals surface area contributed by atoms with Crippen LogP contribution >= 0.6 is 15.9 Å². The summed E-state index contributed by atoms with van der Waals surface area (Å²) in [5, 5.41) is 3.18. The molecule has 0 radical (unpaired) electrons. The Bertz CT molecular complexity index is 786. The Hall–Kier alpha value is -2.01. The smallest absolute Gasteiger partial charge is 0.261 e. The summed E-state index contributed by atoms with van der Waals surface area (Å²) >= 11 is 3.40. The summed E-state index contributed by atoms with van der Waals surface area (Å²) in [5.41, 5.74) is 0.779. The summed E-state index contributed by atoms with van der Waals surface area (Å²) in [6.45, 7) is 6.04. The molecule has 1 amide bonds. The van der Waals surface area contributed by atoms with Gasteiger partial charge in [0.1, 0.15) is 17.1 Å². The van der Waals surface area contributed by atoms with E-state index in [2.05, 4.69) is 35.1 Å². The monoisotopic (exact) mass is 431 g/mol. The van der Waals surface area contributed by atoms with E-state index in [0.29, 0.717) is 5.75 Å². The van der Waals surface area contributed by atoms with Crippen molar-refractivity contribution < 1.29 is 14.3 Å². The second-order valence-corrected chi connectivity index (χ2v) is 7.92. The number of carbonyl (C=O) groups excluding carboxylic acids is 1. The topological polar surface area (TPSA) is 47.6 Å². The summed E-state index contributed by atoms with van der Waals surface area (Å²) in [7, 11) is 0. The maximum Gasteiger partial charge on any atom is 0.261 e. The minimum Gasteiger partial charge on any atom is -0.487 e. The van der Waals surface area contributed by atoms with Crippen molar-refractivity contribution in [1.82, 2.24) is 5.32 Å². The Labute approximate surface area is 169 Å². The fourth-order valence-corrected chi connectivity index (χ4v) is 3.75. The molecule has 0 aliphatic carbocycles. The predicted molar refractivity (Wildman–Crippen MR) is 110 cm³/mol. The number of para-hydroxylation sites is 1. The van der Waals surface area contributed by atoms with Gasteiger partial charge >= 0.3 is 0 Å². The molecule has 1 aliphatic heterocycles. The van der Waals surface area contributed by atoms with Gasteiger partial charge in [0, 0.05) is 16.5 Å². The number of hydrogen-bond acceptors (Lipinski definition) is 3. The van der Waals surface area contributed by atoms with Crippen molar-refractivity contribution in [1.29, 1.82) is 0 Å². The van der Waals surface area contributed by atoms with E-state index in [4.69, 9.17) is 9.47 Å². The number of amides is 1. The number of ether oxygens (including phenoxy) is 2. The van der Waals surface area contributed by atoms with Gasteiger partial charge in [-0.15, -0.1) is 0 Å². The van der Waals surface area contributed by atoms with Gasteiger partial charge in [-0.3, -0.25) is 4.79 Å². The molecule has 0 fully saturated rings. The zero-order chi connectivity index (χ0) is 19.4. The Morgan fingerprint density at radius 2 is 1.89 bits per heavy atom. The highest BCUT2D eigenvalue weighted by Crippen LogP contribution is 2.42. The fraction of sp³-hybridized carbons (Fsp3) is 0.409. The minimum absolute atomic E-state index is 0.0849. The highest BCUT2D eigenvalue weighted by Gasteiger charge is 2.39. The second-order valence-electron chi connectivity index (χ2n) is 7.01. The third-order valence-electron chi connectivity index (χ3n) is 5.30. The van der Waals surface area contributed by atoms with E-state index in [0.717, 1.165) is 35.0 Å². The fourth-order valence-electron chi connectivity index (χ4n) is 3.49. The molecule has 1 heterocycles. The number of hydrogen-bond donors (Lipinski definition) is 1. The molecular formula is C22H26BrNO3. The molecule has 0 unspecified atom stereocenters. The van der Waals surface area contributed by atoms with Gasteiger partial charge in [0.15, 0.2) is 6.10 Å². The van der Waals surface area contributed by atoms with Crippen LogP contribution in [0.4, 0.5) is 0 Å².